The predicted octanol–water partition coefficient (Wildman–Crippen LogP) is 8.13. The van der Waals surface area contributed by atoms with Gasteiger partial charge in [-0.15, -0.1) is 21.5 Å². The Bertz CT molecular complexity index is 1770. The molecule has 0 aliphatic carbocycles. The highest BCUT2D eigenvalue weighted by Gasteiger charge is 2.14. The maximum Gasteiger partial charge on any atom is 0.161 e. The van der Waals surface area contributed by atoms with Gasteiger partial charge in [-0.2, -0.15) is 0 Å². The first kappa shape index (κ1) is 24.2. The minimum Gasteiger partial charge on any atom is -0.497 e. The smallest absolute Gasteiger partial charge is 0.161 e. The van der Waals surface area contributed by atoms with Gasteiger partial charge < -0.3 is 14.8 Å². The van der Waals surface area contributed by atoms with Gasteiger partial charge >= 0.3 is 0 Å². The van der Waals surface area contributed by atoms with Crippen molar-refractivity contribution in [2.75, 3.05) is 19.5 Å². The van der Waals surface area contributed by atoms with Gasteiger partial charge in [0.2, 0.25) is 0 Å². The molecule has 0 fully saturated rings. The molecule has 0 atom stereocenters. The van der Waals surface area contributed by atoms with Gasteiger partial charge in [0.15, 0.2) is 5.82 Å². The van der Waals surface area contributed by atoms with Crippen LogP contribution in [-0.2, 0) is 0 Å². The number of aryl methyl sites for hydroxylation is 1. The number of fused-ring (bicyclic) bond motifs is 2. The van der Waals surface area contributed by atoms with E-state index in [1.165, 1.54) is 5.56 Å². The number of rotatable bonds is 7. The molecule has 6 aromatic rings. The number of nitrogens with one attached hydrogen (secondary N) is 1. The number of nitrogens with zero attached hydrogens (tertiary/aromatic N) is 3. The van der Waals surface area contributed by atoms with E-state index in [1.54, 1.807) is 37.3 Å². The normalized spacial score (nSPS) is 11.1. The summed E-state index contributed by atoms with van der Waals surface area (Å²) in [6.07, 6.45) is 1.81. The van der Waals surface area contributed by atoms with E-state index in [-0.39, 0.29) is 0 Å². The van der Waals surface area contributed by atoms with Crippen LogP contribution >= 0.6 is 23.1 Å². The third kappa shape index (κ3) is 4.64. The van der Waals surface area contributed by atoms with E-state index in [9.17, 15) is 0 Å². The van der Waals surface area contributed by atoms with E-state index in [0.29, 0.717) is 5.75 Å². The van der Waals surface area contributed by atoms with Crippen LogP contribution < -0.4 is 14.8 Å². The summed E-state index contributed by atoms with van der Waals surface area (Å²) in [7, 11) is 3.30. The van der Waals surface area contributed by atoms with Crippen molar-refractivity contribution in [3.63, 3.8) is 0 Å². The predicted molar refractivity (Wildman–Crippen MR) is 156 cm³/mol. The lowest BCUT2D eigenvalue weighted by Gasteiger charge is -2.13. The third-order valence-corrected chi connectivity index (χ3v) is 8.32. The van der Waals surface area contributed by atoms with Crippen LogP contribution in [0.3, 0.4) is 0 Å². The fraction of sp³-hybridized carbons (Fsp3) is 0.100. The number of benzene rings is 3. The SMILES string of the molecule is COc1cc(OC)c2c(Sc3ccc(Nc4nnc(-c5cc(C)cs5)c5ccccc45)cc3)ccnc2c1. The van der Waals surface area contributed by atoms with E-state index >= 15 is 0 Å². The number of anilines is 2. The Morgan fingerprint density at radius 1 is 0.868 bits per heavy atom. The Hall–Kier alpha value is -4.14. The van der Waals surface area contributed by atoms with E-state index in [2.05, 4.69) is 75.3 Å². The minimum absolute atomic E-state index is 0.716. The van der Waals surface area contributed by atoms with Gasteiger partial charge in [-0.05, 0) is 54.3 Å². The second-order valence-electron chi connectivity index (χ2n) is 8.72. The van der Waals surface area contributed by atoms with Gasteiger partial charge in [0.1, 0.15) is 17.2 Å². The molecule has 0 amide bonds. The molecule has 0 spiro atoms. The molecule has 3 aromatic carbocycles. The van der Waals surface area contributed by atoms with Crippen LogP contribution in [0.2, 0.25) is 0 Å². The summed E-state index contributed by atoms with van der Waals surface area (Å²) < 4.78 is 11.0. The summed E-state index contributed by atoms with van der Waals surface area (Å²) in [4.78, 5) is 7.80. The van der Waals surface area contributed by atoms with Crippen LogP contribution in [0.15, 0.2) is 94.2 Å². The van der Waals surface area contributed by atoms with Crippen molar-refractivity contribution in [1.29, 1.82) is 0 Å². The maximum atomic E-state index is 5.65. The number of aromatic nitrogens is 3. The fourth-order valence-electron chi connectivity index (χ4n) is 4.36. The molecule has 38 heavy (non-hydrogen) atoms. The summed E-state index contributed by atoms with van der Waals surface area (Å²) in [6.45, 7) is 2.10. The summed E-state index contributed by atoms with van der Waals surface area (Å²) in [5.41, 5.74) is 3.91. The van der Waals surface area contributed by atoms with E-state index in [1.807, 2.05) is 36.5 Å². The molecule has 0 aliphatic heterocycles. The fourth-order valence-corrected chi connectivity index (χ4v) is 6.22. The average Bonchev–Trinajstić information content (AvgIpc) is 3.39. The largest absolute Gasteiger partial charge is 0.497 e. The molecule has 1 N–H and O–H groups in total. The minimum atomic E-state index is 0.716. The highest BCUT2D eigenvalue weighted by Crippen LogP contribution is 2.40. The summed E-state index contributed by atoms with van der Waals surface area (Å²) in [6, 6.07) is 24.5. The molecular formula is C30H24N4O2S2. The number of ether oxygens (including phenoxy) is 2. The first-order valence-electron chi connectivity index (χ1n) is 12.0. The number of pyridine rings is 1. The molecular weight excluding hydrogens is 512 g/mol. The molecule has 0 saturated carbocycles. The lowest BCUT2D eigenvalue weighted by Crippen LogP contribution is -1.98. The van der Waals surface area contributed by atoms with E-state index in [4.69, 9.17) is 9.47 Å². The Kier molecular flexibility index (Phi) is 6.57. The number of thiophene rings is 1. The molecule has 3 heterocycles. The monoisotopic (exact) mass is 536 g/mol. The Labute approximate surface area is 228 Å². The van der Waals surface area contributed by atoms with Gasteiger partial charge in [0, 0.05) is 44.6 Å². The molecule has 3 aromatic heterocycles. The van der Waals surface area contributed by atoms with Gasteiger partial charge in [-0.3, -0.25) is 4.98 Å². The third-order valence-electron chi connectivity index (χ3n) is 6.19. The van der Waals surface area contributed by atoms with Crippen LogP contribution in [0.5, 0.6) is 11.5 Å². The summed E-state index contributed by atoms with van der Waals surface area (Å²) in [5, 5.41) is 17.8. The highest BCUT2D eigenvalue weighted by atomic mass is 32.2. The Morgan fingerprint density at radius 2 is 1.68 bits per heavy atom. The standard InChI is InChI=1S/C30H24N4O2S2/c1-18-14-27(37-17-18)29-22-6-4-5-7-23(22)30(34-33-29)32-19-8-10-21(11-9-19)38-26-12-13-31-24-15-20(35-2)16-25(36-3)28(24)26/h4-17H,1-3H3,(H,32,34). The maximum absolute atomic E-state index is 5.65. The van der Waals surface area contributed by atoms with Crippen molar-refractivity contribution in [1.82, 2.24) is 15.2 Å². The lowest BCUT2D eigenvalue weighted by molar-refractivity contribution is 0.397. The Morgan fingerprint density at radius 3 is 2.42 bits per heavy atom. The van der Waals surface area contributed by atoms with Gasteiger partial charge in [-0.1, -0.05) is 36.0 Å². The van der Waals surface area contributed by atoms with Crippen molar-refractivity contribution in [3.05, 3.63) is 89.9 Å². The second-order valence-corrected chi connectivity index (χ2v) is 10.7. The zero-order valence-electron chi connectivity index (χ0n) is 21.1. The van der Waals surface area contributed by atoms with Crippen molar-refractivity contribution >= 4 is 56.3 Å². The van der Waals surface area contributed by atoms with Crippen molar-refractivity contribution in [3.8, 4) is 22.1 Å². The molecule has 0 saturated heterocycles. The average molecular weight is 537 g/mol. The van der Waals surface area contributed by atoms with Crippen LogP contribution in [-0.4, -0.2) is 29.4 Å². The first-order valence-corrected chi connectivity index (χ1v) is 13.7. The molecule has 188 valence electrons. The topological polar surface area (TPSA) is 69.2 Å². The molecule has 6 nitrogen and oxygen atoms in total. The summed E-state index contributed by atoms with van der Waals surface area (Å²) in [5.74, 6) is 2.19. The number of methoxy groups -OCH3 is 2. The molecule has 0 bridgehead atoms. The number of hydrogen-bond acceptors (Lipinski definition) is 8. The number of hydrogen-bond donors (Lipinski definition) is 1. The zero-order chi connectivity index (χ0) is 26.1. The lowest BCUT2D eigenvalue weighted by atomic mass is 10.1. The molecule has 0 radical (unpaired) electrons. The first-order chi connectivity index (χ1) is 18.6. The van der Waals surface area contributed by atoms with E-state index in [0.717, 1.165) is 59.3 Å². The molecule has 8 heteroatoms. The Balaban J connectivity index is 1.28. The molecule has 6 rings (SSSR count). The van der Waals surface area contributed by atoms with Gasteiger partial charge in [0.25, 0.3) is 0 Å². The van der Waals surface area contributed by atoms with E-state index < -0.39 is 0 Å². The van der Waals surface area contributed by atoms with Crippen LogP contribution in [0, 0.1) is 6.92 Å². The van der Waals surface area contributed by atoms with Crippen LogP contribution in [0.25, 0.3) is 32.2 Å². The van der Waals surface area contributed by atoms with Gasteiger partial charge in [0.05, 0.1) is 30.0 Å². The second kappa shape index (κ2) is 10.3. The van der Waals surface area contributed by atoms with Crippen LogP contribution in [0.1, 0.15) is 5.56 Å². The highest BCUT2D eigenvalue weighted by molar-refractivity contribution is 7.99. The molecule has 0 aliphatic rings. The van der Waals surface area contributed by atoms with Crippen molar-refractivity contribution < 1.29 is 9.47 Å². The van der Waals surface area contributed by atoms with Gasteiger partial charge in [-0.25, -0.2) is 0 Å². The zero-order valence-corrected chi connectivity index (χ0v) is 22.7. The van der Waals surface area contributed by atoms with Crippen molar-refractivity contribution in [2.24, 2.45) is 0 Å². The van der Waals surface area contributed by atoms with Crippen molar-refractivity contribution in [2.45, 2.75) is 16.7 Å². The quantitative estimate of drug-likeness (QED) is 0.221. The summed E-state index contributed by atoms with van der Waals surface area (Å²) >= 11 is 3.35. The molecule has 0 unspecified atom stereocenters. The van der Waals surface area contributed by atoms with Crippen LogP contribution in [0.4, 0.5) is 11.5 Å².